The van der Waals surface area contributed by atoms with Crippen molar-refractivity contribution in [2.24, 2.45) is 0 Å². The number of nitrogens with one attached hydrogen (secondary N) is 2. The van der Waals surface area contributed by atoms with E-state index in [0.717, 1.165) is 37.9 Å². The van der Waals surface area contributed by atoms with Gasteiger partial charge in [-0.3, -0.25) is 9.47 Å². The quantitative estimate of drug-likeness (QED) is 0.251. The molecule has 1 saturated heterocycles. The molecule has 4 unspecified atom stereocenters. The van der Waals surface area contributed by atoms with E-state index in [1.807, 2.05) is 24.3 Å². The van der Waals surface area contributed by atoms with Gasteiger partial charge in [0.25, 0.3) is 0 Å². The van der Waals surface area contributed by atoms with Crippen LogP contribution in [-0.2, 0) is 10.2 Å². The molecule has 2 aromatic heterocycles. The summed E-state index contributed by atoms with van der Waals surface area (Å²) in [6, 6.07) is 8.06. The van der Waals surface area contributed by atoms with Crippen LogP contribution in [0, 0.1) is 0 Å². The number of rotatable bonds is 9. The lowest BCUT2D eigenvalue weighted by Crippen LogP contribution is -2.48. The number of carbonyl (C=O) groups excluding carboxylic acids is 1. The van der Waals surface area contributed by atoms with Crippen LogP contribution in [0.3, 0.4) is 0 Å². The summed E-state index contributed by atoms with van der Waals surface area (Å²) in [5, 5.41) is 27.5. The molecule has 1 aliphatic carbocycles. The maximum absolute atomic E-state index is 12.4. The van der Waals surface area contributed by atoms with Gasteiger partial charge in [-0.25, -0.2) is 19.7 Å². The second-order valence-corrected chi connectivity index (χ2v) is 11.8. The number of ether oxygens (including phenoxy) is 1. The zero-order valence-corrected chi connectivity index (χ0v) is 23.3. The number of aliphatic hydroxyl groups is 2. The lowest BCUT2D eigenvalue weighted by molar-refractivity contribution is -0.0520. The average Bonchev–Trinajstić information content (AvgIpc) is 3.42. The fourth-order valence-electron chi connectivity index (χ4n) is 5.28. The molecule has 0 spiro atoms. The smallest absolute Gasteiger partial charge is 0.319 e. The first kappa shape index (κ1) is 28.2. The third-order valence-corrected chi connectivity index (χ3v) is 7.92. The first-order chi connectivity index (χ1) is 19.1. The number of nitrogen functional groups attached to an aromatic ring is 1. The molecule has 2 aliphatic rings. The van der Waals surface area contributed by atoms with Crippen LogP contribution in [0.15, 0.2) is 36.9 Å². The number of fused-ring (bicyclic) bond motifs is 1. The molecule has 2 fully saturated rings. The van der Waals surface area contributed by atoms with Gasteiger partial charge in [-0.1, -0.05) is 39.3 Å². The number of carbonyl (C=O) groups is 1. The van der Waals surface area contributed by atoms with Gasteiger partial charge in [-0.2, -0.15) is 0 Å². The minimum atomic E-state index is -1.15. The van der Waals surface area contributed by atoms with Crippen LogP contribution in [0.4, 0.5) is 16.3 Å². The van der Waals surface area contributed by atoms with Crippen molar-refractivity contribution in [1.29, 1.82) is 0 Å². The fraction of sp³-hybridized carbons (Fsp3) is 0.571. The number of anilines is 2. The van der Waals surface area contributed by atoms with Crippen LogP contribution in [0.1, 0.15) is 58.2 Å². The molecule has 40 heavy (non-hydrogen) atoms. The van der Waals surface area contributed by atoms with Crippen molar-refractivity contribution >= 4 is 28.7 Å². The number of benzene rings is 1. The van der Waals surface area contributed by atoms with Crippen LogP contribution < -0.4 is 16.4 Å². The zero-order chi connectivity index (χ0) is 28.4. The minimum absolute atomic E-state index is 0.0586. The summed E-state index contributed by atoms with van der Waals surface area (Å²) in [5.74, 6) is 0.241. The number of urea groups is 1. The highest BCUT2D eigenvalue weighted by Crippen LogP contribution is 2.34. The van der Waals surface area contributed by atoms with Crippen molar-refractivity contribution in [3.63, 3.8) is 0 Å². The average molecular weight is 553 g/mol. The monoisotopic (exact) mass is 552 g/mol. The van der Waals surface area contributed by atoms with Crippen molar-refractivity contribution in [3.05, 3.63) is 42.5 Å². The van der Waals surface area contributed by atoms with Crippen molar-refractivity contribution in [1.82, 2.24) is 29.7 Å². The van der Waals surface area contributed by atoms with E-state index < -0.39 is 24.5 Å². The summed E-state index contributed by atoms with van der Waals surface area (Å²) in [7, 11) is 0. The Morgan fingerprint density at radius 3 is 2.58 bits per heavy atom. The van der Waals surface area contributed by atoms with Gasteiger partial charge in [0.05, 0.1) is 6.33 Å². The summed E-state index contributed by atoms with van der Waals surface area (Å²) in [6.07, 6.45) is 3.24. The maximum Gasteiger partial charge on any atom is 0.319 e. The molecule has 12 nitrogen and oxygen atoms in total. The molecular formula is C28H40N8O4. The molecular weight excluding hydrogens is 512 g/mol. The standard InChI is InChI=1S/C28H40N8O4/c1-28(2,3)17-8-10-18(11-9-17)34-27(39)30-12-5-13-35(19-6-4-7-19)14-20-22(37)23(38)26(40-20)36-16-33-21-24(29)31-15-32-25(21)36/h8-11,15-16,19-20,22-23,26,37-38H,4-7,12-14H2,1-3H3,(H2,29,31,32)(H2,30,34,39). The number of nitrogens with zero attached hydrogens (tertiary/aromatic N) is 5. The van der Waals surface area contributed by atoms with E-state index in [2.05, 4.69) is 51.3 Å². The predicted octanol–water partition coefficient (Wildman–Crippen LogP) is 2.39. The molecule has 1 aliphatic heterocycles. The van der Waals surface area contributed by atoms with Crippen molar-refractivity contribution in [2.75, 3.05) is 30.7 Å². The molecule has 12 heteroatoms. The van der Waals surface area contributed by atoms with Gasteiger partial charge in [0.1, 0.15) is 30.2 Å². The Morgan fingerprint density at radius 1 is 1.15 bits per heavy atom. The Balaban J connectivity index is 1.13. The number of amides is 2. The highest BCUT2D eigenvalue weighted by atomic mass is 16.6. The van der Waals surface area contributed by atoms with E-state index in [1.54, 1.807) is 4.57 Å². The topological polar surface area (TPSA) is 164 Å². The minimum Gasteiger partial charge on any atom is -0.387 e. The SMILES string of the molecule is CC(C)(C)c1ccc(NC(=O)NCCCN(CC2OC(n3cnc4c(N)ncnc43)C(O)C2O)C2CCC2)cc1. The van der Waals surface area contributed by atoms with E-state index in [4.69, 9.17) is 10.5 Å². The second kappa shape index (κ2) is 11.7. The van der Waals surface area contributed by atoms with Gasteiger partial charge >= 0.3 is 6.03 Å². The molecule has 3 aromatic rings. The fourth-order valence-corrected chi connectivity index (χ4v) is 5.28. The number of aliphatic hydroxyl groups excluding tert-OH is 2. The molecule has 2 amide bonds. The van der Waals surface area contributed by atoms with Crippen LogP contribution in [0.5, 0.6) is 0 Å². The maximum atomic E-state index is 12.4. The second-order valence-electron chi connectivity index (χ2n) is 11.8. The van der Waals surface area contributed by atoms with Crippen LogP contribution in [-0.4, -0.2) is 84.7 Å². The summed E-state index contributed by atoms with van der Waals surface area (Å²) >= 11 is 0. The van der Waals surface area contributed by atoms with E-state index in [-0.39, 0.29) is 17.3 Å². The Morgan fingerprint density at radius 2 is 1.90 bits per heavy atom. The first-order valence-electron chi connectivity index (χ1n) is 14.0. The normalized spacial score (nSPS) is 23.4. The van der Waals surface area contributed by atoms with E-state index in [9.17, 15) is 15.0 Å². The lowest BCUT2D eigenvalue weighted by atomic mass is 9.87. The molecule has 4 atom stereocenters. The molecule has 216 valence electrons. The summed E-state index contributed by atoms with van der Waals surface area (Å²) in [4.78, 5) is 27.2. The molecule has 0 bridgehead atoms. The van der Waals surface area contributed by atoms with Crippen LogP contribution >= 0.6 is 0 Å². The molecule has 0 radical (unpaired) electrons. The van der Waals surface area contributed by atoms with Crippen LogP contribution in [0.25, 0.3) is 11.2 Å². The number of aromatic nitrogens is 4. The van der Waals surface area contributed by atoms with Crippen LogP contribution in [0.2, 0.25) is 0 Å². The summed E-state index contributed by atoms with van der Waals surface area (Å²) in [5.41, 5.74) is 8.78. The Hall–Kier alpha value is -3.32. The van der Waals surface area contributed by atoms with E-state index in [1.165, 1.54) is 18.2 Å². The third kappa shape index (κ3) is 6.04. The summed E-state index contributed by atoms with van der Waals surface area (Å²) in [6.45, 7) is 8.18. The Labute approximate surface area is 234 Å². The van der Waals surface area contributed by atoms with Crippen molar-refractivity contribution < 1.29 is 19.7 Å². The molecule has 6 N–H and O–H groups in total. The van der Waals surface area contributed by atoms with E-state index >= 15 is 0 Å². The molecule has 1 aromatic carbocycles. The predicted molar refractivity (Wildman–Crippen MR) is 152 cm³/mol. The Bertz CT molecular complexity index is 1300. The highest BCUT2D eigenvalue weighted by molar-refractivity contribution is 5.89. The van der Waals surface area contributed by atoms with Gasteiger partial charge in [-0.15, -0.1) is 0 Å². The lowest BCUT2D eigenvalue weighted by Gasteiger charge is -2.39. The van der Waals surface area contributed by atoms with Crippen molar-refractivity contribution in [3.8, 4) is 0 Å². The first-order valence-corrected chi connectivity index (χ1v) is 14.0. The van der Waals surface area contributed by atoms with Gasteiger partial charge in [0.2, 0.25) is 0 Å². The van der Waals surface area contributed by atoms with Crippen molar-refractivity contribution in [2.45, 2.75) is 82.5 Å². The van der Waals surface area contributed by atoms with Gasteiger partial charge in [-0.05, 0) is 42.4 Å². The number of hydrogen-bond donors (Lipinski definition) is 5. The Kier molecular flexibility index (Phi) is 8.22. The molecule has 1 saturated carbocycles. The number of imidazole rings is 1. The van der Waals surface area contributed by atoms with Gasteiger partial charge < -0.3 is 31.3 Å². The highest BCUT2D eigenvalue weighted by Gasteiger charge is 2.45. The molecule has 5 rings (SSSR count). The third-order valence-electron chi connectivity index (χ3n) is 7.92. The number of nitrogens with two attached hydrogens (primary N) is 1. The van der Waals surface area contributed by atoms with Gasteiger partial charge in [0.15, 0.2) is 17.7 Å². The van der Waals surface area contributed by atoms with Gasteiger partial charge in [0, 0.05) is 31.4 Å². The zero-order valence-electron chi connectivity index (χ0n) is 23.3. The number of hydrogen-bond acceptors (Lipinski definition) is 9. The van der Waals surface area contributed by atoms with E-state index in [0.29, 0.717) is 30.3 Å². The molecule has 3 heterocycles. The largest absolute Gasteiger partial charge is 0.387 e. The summed E-state index contributed by atoms with van der Waals surface area (Å²) < 4.78 is 7.76.